The van der Waals surface area contributed by atoms with Gasteiger partial charge in [-0.2, -0.15) is 0 Å². The van der Waals surface area contributed by atoms with E-state index in [2.05, 4.69) is 28.7 Å². The molecule has 0 aliphatic carbocycles. The molecular formula is C14H24N4. The van der Waals surface area contributed by atoms with Crippen LogP contribution >= 0.6 is 0 Å². The summed E-state index contributed by atoms with van der Waals surface area (Å²) in [6.07, 6.45) is 5.99. The van der Waals surface area contributed by atoms with E-state index in [0.29, 0.717) is 5.82 Å². The van der Waals surface area contributed by atoms with Gasteiger partial charge in [0.05, 0.1) is 0 Å². The van der Waals surface area contributed by atoms with E-state index in [0.717, 1.165) is 37.1 Å². The number of nitrogen functional groups attached to an aromatic ring is 1. The summed E-state index contributed by atoms with van der Waals surface area (Å²) in [7, 11) is 0. The lowest BCUT2D eigenvalue weighted by atomic mass is 9.98. The predicted octanol–water partition coefficient (Wildman–Crippen LogP) is 2.64. The average molecular weight is 248 g/mol. The maximum atomic E-state index is 5.86. The molecule has 1 unspecified atom stereocenters. The maximum absolute atomic E-state index is 5.86. The summed E-state index contributed by atoms with van der Waals surface area (Å²) < 4.78 is 0. The molecular weight excluding hydrogens is 224 g/mol. The van der Waals surface area contributed by atoms with E-state index in [9.17, 15) is 0 Å². The Labute approximate surface area is 110 Å². The van der Waals surface area contributed by atoms with Crippen molar-refractivity contribution in [1.29, 1.82) is 0 Å². The van der Waals surface area contributed by atoms with Crippen molar-refractivity contribution in [3.05, 3.63) is 11.9 Å². The number of aryl methyl sites for hydroxylation is 1. The minimum atomic E-state index is 0.591. The first kappa shape index (κ1) is 13.1. The molecule has 2 rings (SSSR count). The van der Waals surface area contributed by atoms with Crippen LogP contribution in [0.3, 0.4) is 0 Å². The number of hydrogen-bond donors (Lipinski definition) is 1. The molecule has 0 bridgehead atoms. The summed E-state index contributed by atoms with van der Waals surface area (Å²) >= 11 is 0. The second-order valence-corrected chi connectivity index (χ2v) is 5.11. The first-order valence-electron chi connectivity index (χ1n) is 7.11. The van der Waals surface area contributed by atoms with Gasteiger partial charge in [0.2, 0.25) is 0 Å². The highest BCUT2D eigenvalue weighted by atomic mass is 15.2. The molecule has 1 aromatic rings. The molecule has 4 heteroatoms. The van der Waals surface area contributed by atoms with Crippen LogP contribution in [0.2, 0.25) is 0 Å². The van der Waals surface area contributed by atoms with E-state index < -0.39 is 0 Å². The Balaban J connectivity index is 2.13. The van der Waals surface area contributed by atoms with Crippen LogP contribution in [-0.4, -0.2) is 23.1 Å². The van der Waals surface area contributed by atoms with Crippen molar-refractivity contribution >= 4 is 11.6 Å². The van der Waals surface area contributed by atoms with E-state index in [1.165, 1.54) is 25.7 Å². The van der Waals surface area contributed by atoms with Crippen LogP contribution in [-0.2, 0) is 6.42 Å². The minimum absolute atomic E-state index is 0.591. The van der Waals surface area contributed by atoms with Gasteiger partial charge in [0.15, 0.2) is 0 Å². The van der Waals surface area contributed by atoms with Gasteiger partial charge in [0.1, 0.15) is 17.5 Å². The molecule has 0 aromatic carbocycles. The van der Waals surface area contributed by atoms with Crippen LogP contribution in [0, 0.1) is 5.92 Å². The summed E-state index contributed by atoms with van der Waals surface area (Å²) in [6, 6.07) is 1.91. The molecule has 100 valence electrons. The van der Waals surface area contributed by atoms with Crippen LogP contribution in [0.4, 0.5) is 11.6 Å². The molecule has 18 heavy (non-hydrogen) atoms. The van der Waals surface area contributed by atoms with Gasteiger partial charge in [-0.05, 0) is 25.2 Å². The van der Waals surface area contributed by atoms with E-state index >= 15 is 0 Å². The smallest absolute Gasteiger partial charge is 0.134 e. The first-order chi connectivity index (χ1) is 8.72. The summed E-state index contributed by atoms with van der Waals surface area (Å²) in [5.41, 5.74) is 5.86. The lowest BCUT2D eigenvalue weighted by Gasteiger charge is -2.22. The third-order valence-electron chi connectivity index (χ3n) is 3.84. The highest BCUT2D eigenvalue weighted by Crippen LogP contribution is 2.24. The fraction of sp³-hybridized carbons (Fsp3) is 0.714. The van der Waals surface area contributed by atoms with Crippen molar-refractivity contribution in [2.75, 3.05) is 23.7 Å². The quantitative estimate of drug-likeness (QED) is 0.893. The Hall–Kier alpha value is -1.32. The topological polar surface area (TPSA) is 55.0 Å². The molecule has 1 aliphatic rings. The monoisotopic (exact) mass is 248 g/mol. The van der Waals surface area contributed by atoms with Crippen molar-refractivity contribution in [1.82, 2.24) is 9.97 Å². The van der Waals surface area contributed by atoms with Crippen LogP contribution in [0.25, 0.3) is 0 Å². The van der Waals surface area contributed by atoms with Crippen LogP contribution in [0.15, 0.2) is 6.07 Å². The van der Waals surface area contributed by atoms with Crippen LogP contribution < -0.4 is 10.6 Å². The number of anilines is 2. The molecule has 1 fully saturated rings. The van der Waals surface area contributed by atoms with Gasteiger partial charge < -0.3 is 10.6 Å². The molecule has 1 atom stereocenters. The Morgan fingerprint density at radius 2 is 2.11 bits per heavy atom. The lowest BCUT2D eigenvalue weighted by Crippen LogP contribution is -2.26. The van der Waals surface area contributed by atoms with Gasteiger partial charge >= 0.3 is 0 Å². The highest BCUT2D eigenvalue weighted by molar-refractivity contribution is 5.47. The lowest BCUT2D eigenvalue weighted by molar-refractivity contribution is 0.459. The third-order valence-corrected chi connectivity index (χ3v) is 3.84. The van der Waals surface area contributed by atoms with Gasteiger partial charge in [0.25, 0.3) is 0 Å². The zero-order chi connectivity index (χ0) is 13.0. The molecule has 0 spiro atoms. The standard InChI is InChI=1S/C14H24N4/c1-3-11-6-5-8-18(9-7-11)14-10-12(15)16-13(4-2)17-14/h10-11H,3-9H2,1-2H3,(H2,15,16,17). The van der Waals surface area contributed by atoms with Crippen molar-refractivity contribution in [2.45, 2.75) is 46.0 Å². The van der Waals surface area contributed by atoms with E-state index in [1.54, 1.807) is 0 Å². The van der Waals surface area contributed by atoms with E-state index in [-0.39, 0.29) is 0 Å². The summed E-state index contributed by atoms with van der Waals surface area (Å²) in [4.78, 5) is 11.2. The van der Waals surface area contributed by atoms with Crippen molar-refractivity contribution in [2.24, 2.45) is 5.92 Å². The molecule has 1 aromatic heterocycles. The van der Waals surface area contributed by atoms with Crippen molar-refractivity contribution < 1.29 is 0 Å². The van der Waals surface area contributed by atoms with Gasteiger partial charge in [0, 0.05) is 25.6 Å². The number of aromatic nitrogens is 2. The predicted molar refractivity (Wildman–Crippen MR) is 75.7 cm³/mol. The molecule has 1 saturated heterocycles. The number of hydrogen-bond acceptors (Lipinski definition) is 4. The molecule has 1 aliphatic heterocycles. The first-order valence-corrected chi connectivity index (χ1v) is 7.11. The largest absolute Gasteiger partial charge is 0.384 e. The molecule has 0 amide bonds. The Kier molecular flexibility index (Phi) is 4.39. The molecule has 4 nitrogen and oxygen atoms in total. The number of nitrogens with two attached hydrogens (primary N) is 1. The zero-order valence-corrected chi connectivity index (χ0v) is 11.5. The van der Waals surface area contributed by atoms with E-state index in [4.69, 9.17) is 5.73 Å². The number of rotatable bonds is 3. The zero-order valence-electron chi connectivity index (χ0n) is 11.5. The summed E-state index contributed by atoms with van der Waals surface area (Å²) in [5, 5.41) is 0. The Bertz CT molecular complexity index is 391. The average Bonchev–Trinajstić information content (AvgIpc) is 2.63. The molecule has 0 radical (unpaired) electrons. The molecule has 2 heterocycles. The molecule has 0 saturated carbocycles. The van der Waals surface area contributed by atoms with Crippen LogP contribution in [0.1, 0.15) is 45.4 Å². The fourth-order valence-corrected chi connectivity index (χ4v) is 2.63. The second kappa shape index (κ2) is 6.03. The Morgan fingerprint density at radius 3 is 2.83 bits per heavy atom. The summed E-state index contributed by atoms with van der Waals surface area (Å²) in [6.45, 7) is 6.54. The van der Waals surface area contributed by atoms with Gasteiger partial charge in [-0.3, -0.25) is 0 Å². The van der Waals surface area contributed by atoms with E-state index in [1.807, 2.05) is 6.07 Å². The van der Waals surface area contributed by atoms with Gasteiger partial charge in [-0.25, -0.2) is 9.97 Å². The summed E-state index contributed by atoms with van der Waals surface area (Å²) in [5.74, 6) is 3.32. The number of nitrogens with zero attached hydrogens (tertiary/aromatic N) is 3. The normalized spacial score (nSPS) is 20.8. The fourth-order valence-electron chi connectivity index (χ4n) is 2.63. The maximum Gasteiger partial charge on any atom is 0.134 e. The van der Waals surface area contributed by atoms with Crippen molar-refractivity contribution in [3.8, 4) is 0 Å². The highest BCUT2D eigenvalue weighted by Gasteiger charge is 2.17. The SMILES string of the molecule is CCc1nc(N)cc(N2CCCC(CC)CC2)n1. The molecule has 2 N–H and O–H groups in total. The minimum Gasteiger partial charge on any atom is -0.384 e. The third kappa shape index (κ3) is 3.12. The van der Waals surface area contributed by atoms with Crippen molar-refractivity contribution in [3.63, 3.8) is 0 Å². The van der Waals surface area contributed by atoms with Gasteiger partial charge in [-0.1, -0.05) is 20.3 Å². The second-order valence-electron chi connectivity index (χ2n) is 5.11. The van der Waals surface area contributed by atoms with Gasteiger partial charge in [-0.15, -0.1) is 0 Å². The van der Waals surface area contributed by atoms with Crippen LogP contribution in [0.5, 0.6) is 0 Å². The Morgan fingerprint density at radius 1 is 1.28 bits per heavy atom.